The summed E-state index contributed by atoms with van der Waals surface area (Å²) in [6.07, 6.45) is 1.39. The predicted molar refractivity (Wildman–Crippen MR) is 128 cm³/mol. The number of nitrogens with zero attached hydrogens (tertiary/aromatic N) is 4. The molecule has 168 valence electrons. The molecule has 1 aliphatic rings. The maximum atomic E-state index is 13.0. The first-order valence-corrected chi connectivity index (χ1v) is 10.5. The maximum absolute atomic E-state index is 13.0. The highest BCUT2D eigenvalue weighted by molar-refractivity contribution is 7.80. The third kappa shape index (κ3) is 4.08. The summed E-state index contributed by atoms with van der Waals surface area (Å²) >= 11 is 5.40. The highest BCUT2D eigenvalue weighted by Gasteiger charge is 2.34. The van der Waals surface area contributed by atoms with E-state index in [1.807, 2.05) is 32.0 Å². The molecule has 0 spiro atoms. The first-order valence-electron chi connectivity index (χ1n) is 10.1. The number of hydrazone groups is 1. The van der Waals surface area contributed by atoms with E-state index in [2.05, 4.69) is 10.2 Å². The minimum absolute atomic E-state index is 0.0924. The predicted octanol–water partition coefficient (Wildman–Crippen LogP) is 2.76. The highest BCUT2D eigenvalue weighted by atomic mass is 32.1. The number of amides is 1. The monoisotopic (exact) mass is 463 g/mol. The Bertz CT molecular complexity index is 1370. The topological polar surface area (TPSA) is 111 Å². The molecule has 3 aromatic rings. The van der Waals surface area contributed by atoms with E-state index in [1.54, 1.807) is 6.92 Å². The summed E-state index contributed by atoms with van der Waals surface area (Å²) in [6, 6.07) is 11.6. The highest BCUT2D eigenvalue weighted by Crippen LogP contribution is 2.22. The molecule has 0 unspecified atom stereocenters. The molecule has 2 aromatic carbocycles. The van der Waals surface area contributed by atoms with E-state index in [0.717, 1.165) is 11.1 Å². The Morgan fingerprint density at radius 2 is 1.73 bits per heavy atom. The third-order valence-electron chi connectivity index (χ3n) is 5.51. The van der Waals surface area contributed by atoms with Crippen LogP contribution in [0.1, 0.15) is 32.7 Å². The van der Waals surface area contributed by atoms with Crippen LogP contribution >= 0.6 is 12.2 Å². The lowest BCUT2D eigenvalue weighted by atomic mass is 10.1. The number of benzene rings is 2. The van der Waals surface area contributed by atoms with Gasteiger partial charge < -0.3 is 5.11 Å². The van der Waals surface area contributed by atoms with Gasteiger partial charge in [0.05, 0.1) is 28.7 Å². The van der Waals surface area contributed by atoms with Crippen LogP contribution in [0.5, 0.6) is 0 Å². The number of H-pyrrole nitrogens is 1. The molecule has 1 saturated heterocycles. The van der Waals surface area contributed by atoms with Crippen LogP contribution in [0.3, 0.4) is 0 Å². The van der Waals surface area contributed by atoms with Crippen LogP contribution < -0.4 is 10.5 Å². The maximum Gasteiger partial charge on any atom is 0.335 e. The largest absolute Gasteiger partial charge is 0.478 e. The smallest absolute Gasteiger partial charge is 0.335 e. The van der Waals surface area contributed by atoms with Crippen LogP contribution in [-0.2, 0) is 4.79 Å². The molecular formula is C23H21N5O4S. The first-order chi connectivity index (χ1) is 15.7. The number of carboxylic acid groups (broad SMARTS) is 1. The molecule has 2 N–H and O–H groups in total. The second-order valence-electron chi connectivity index (χ2n) is 7.73. The van der Waals surface area contributed by atoms with Gasteiger partial charge in [0.2, 0.25) is 5.11 Å². The normalized spacial score (nSPS) is 14.0. The average Bonchev–Trinajstić information content (AvgIpc) is 3.22. The second kappa shape index (κ2) is 8.47. The molecule has 9 nitrogen and oxygen atoms in total. The van der Waals surface area contributed by atoms with E-state index in [9.17, 15) is 14.4 Å². The van der Waals surface area contributed by atoms with Crippen molar-refractivity contribution >= 4 is 41.1 Å². The number of rotatable bonds is 5. The second-order valence-corrected chi connectivity index (χ2v) is 8.09. The van der Waals surface area contributed by atoms with Gasteiger partial charge in [-0.25, -0.2) is 14.5 Å². The Morgan fingerprint density at radius 3 is 2.36 bits per heavy atom. The number of anilines is 1. The van der Waals surface area contributed by atoms with Crippen molar-refractivity contribution in [2.45, 2.75) is 20.8 Å². The summed E-state index contributed by atoms with van der Waals surface area (Å²) in [5.74, 6) is -1.37. The van der Waals surface area contributed by atoms with Gasteiger partial charge in [-0.3, -0.25) is 19.6 Å². The molecule has 2 heterocycles. The molecule has 0 saturated carbocycles. The molecule has 0 atom stereocenters. The molecule has 33 heavy (non-hydrogen) atoms. The zero-order chi connectivity index (χ0) is 23.9. The van der Waals surface area contributed by atoms with Crippen molar-refractivity contribution in [1.82, 2.24) is 14.8 Å². The number of aromatic carboxylic acids is 1. The van der Waals surface area contributed by atoms with Crippen LogP contribution in [0, 0.1) is 20.8 Å². The van der Waals surface area contributed by atoms with Gasteiger partial charge >= 0.3 is 5.97 Å². The third-order valence-corrected chi connectivity index (χ3v) is 5.90. The molecule has 1 aromatic heterocycles. The van der Waals surface area contributed by atoms with Crippen molar-refractivity contribution in [3.63, 3.8) is 0 Å². The lowest BCUT2D eigenvalue weighted by Crippen LogP contribution is -2.31. The minimum atomic E-state index is -1.06. The fraction of sp³-hybridized carbons (Fsp3) is 0.174. The van der Waals surface area contributed by atoms with E-state index in [-0.39, 0.29) is 28.7 Å². The zero-order valence-electron chi connectivity index (χ0n) is 18.2. The molecule has 0 radical (unpaired) electrons. The van der Waals surface area contributed by atoms with E-state index in [0.29, 0.717) is 22.6 Å². The van der Waals surface area contributed by atoms with Crippen molar-refractivity contribution in [2.75, 3.05) is 11.4 Å². The summed E-state index contributed by atoms with van der Waals surface area (Å²) in [7, 11) is 0. The van der Waals surface area contributed by atoms with Crippen LogP contribution in [0.2, 0.25) is 0 Å². The number of aromatic amines is 1. The van der Waals surface area contributed by atoms with Crippen LogP contribution in [-0.4, -0.2) is 49.6 Å². The summed E-state index contributed by atoms with van der Waals surface area (Å²) < 4.78 is 1.45. The van der Waals surface area contributed by atoms with Crippen molar-refractivity contribution in [3.05, 3.63) is 80.8 Å². The van der Waals surface area contributed by atoms with Gasteiger partial charge in [0.25, 0.3) is 11.5 Å². The zero-order valence-corrected chi connectivity index (χ0v) is 19.0. The Morgan fingerprint density at radius 1 is 1.06 bits per heavy atom. The van der Waals surface area contributed by atoms with Gasteiger partial charge in [0.1, 0.15) is 6.54 Å². The van der Waals surface area contributed by atoms with E-state index >= 15 is 0 Å². The Kier molecular flexibility index (Phi) is 5.69. The van der Waals surface area contributed by atoms with Crippen LogP contribution in [0.25, 0.3) is 5.69 Å². The summed E-state index contributed by atoms with van der Waals surface area (Å²) in [5, 5.41) is 17.9. The van der Waals surface area contributed by atoms with Gasteiger partial charge in [0, 0.05) is 5.69 Å². The first kappa shape index (κ1) is 22.2. The minimum Gasteiger partial charge on any atom is -0.478 e. The molecule has 0 aliphatic carbocycles. The SMILES string of the molecule is Cc1ccc(-n2[nH]c(C)c(/C=N/N3CC(=O)N(c4ccc(C(=O)O)cc4)C3=S)c2=O)cc1C. The number of nitrogens with one attached hydrogen (secondary N) is 1. The van der Waals surface area contributed by atoms with E-state index in [4.69, 9.17) is 17.3 Å². The van der Waals surface area contributed by atoms with Gasteiger partial charge in [-0.15, -0.1) is 0 Å². The van der Waals surface area contributed by atoms with Crippen molar-refractivity contribution in [2.24, 2.45) is 5.10 Å². The van der Waals surface area contributed by atoms with Crippen LogP contribution in [0.15, 0.2) is 52.4 Å². The summed E-state index contributed by atoms with van der Waals surface area (Å²) in [5.41, 5.74) is 4.18. The molecule has 10 heteroatoms. The molecule has 4 rings (SSSR count). The fourth-order valence-electron chi connectivity index (χ4n) is 3.47. The fourth-order valence-corrected chi connectivity index (χ4v) is 3.79. The number of carbonyl (C=O) groups is 2. The number of hydrogen-bond donors (Lipinski definition) is 2. The quantitative estimate of drug-likeness (QED) is 0.445. The average molecular weight is 464 g/mol. The molecule has 1 amide bonds. The Balaban J connectivity index is 1.58. The number of aryl methyl sites for hydroxylation is 3. The summed E-state index contributed by atoms with van der Waals surface area (Å²) in [4.78, 5) is 37.9. The number of hydrogen-bond acceptors (Lipinski definition) is 5. The van der Waals surface area contributed by atoms with Crippen molar-refractivity contribution in [3.8, 4) is 5.69 Å². The van der Waals surface area contributed by atoms with Crippen molar-refractivity contribution < 1.29 is 14.7 Å². The van der Waals surface area contributed by atoms with Gasteiger partial charge in [-0.05, 0) is 80.5 Å². The van der Waals surface area contributed by atoms with Crippen molar-refractivity contribution in [1.29, 1.82) is 0 Å². The molecular weight excluding hydrogens is 442 g/mol. The summed E-state index contributed by atoms with van der Waals surface area (Å²) in [6.45, 7) is 5.66. The van der Waals surface area contributed by atoms with Crippen LogP contribution in [0.4, 0.5) is 5.69 Å². The lowest BCUT2D eigenvalue weighted by Gasteiger charge is -2.16. The van der Waals surface area contributed by atoms with E-state index in [1.165, 1.54) is 45.1 Å². The van der Waals surface area contributed by atoms with Gasteiger partial charge in [-0.2, -0.15) is 5.10 Å². The number of carboxylic acids is 1. The number of carbonyl (C=O) groups excluding carboxylic acids is 1. The van der Waals surface area contributed by atoms with Gasteiger partial charge in [-0.1, -0.05) is 6.07 Å². The molecule has 1 aliphatic heterocycles. The Hall–Kier alpha value is -4.05. The number of aromatic nitrogens is 2. The Labute approximate surface area is 194 Å². The molecule has 0 bridgehead atoms. The number of thiocarbonyl (C=S) groups is 1. The lowest BCUT2D eigenvalue weighted by molar-refractivity contribution is -0.116. The van der Waals surface area contributed by atoms with Gasteiger partial charge in [0.15, 0.2) is 0 Å². The molecule has 1 fully saturated rings. The standard InChI is InChI=1S/C23H21N5O4S/c1-13-4-7-18(10-14(13)2)28-21(30)19(15(3)25-28)11-24-26-12-20(29)27(23(26)33)17-8-5-16(6-9-17)22(31)32/h4-11,25H,12H2,1-3H3,(H,31,32)/b24-11+. The van der Waals surface area contributed by atoms with E-state index < -0.39 is 5.97 Å².